The Morgan fingerprint density at radius 2 is 1.80 bits per heavy atom. The largest absolute Gasteiger partial charge is 0.461 e. The predicted molar refractivity (Wildman–Crippen MR) is 149 cm³/mol. The number of carbonyl (C=O) groups is 1. The van der Waals surface area contributed by atoms with Gasteiger partial charge >= 0.3 is 5.97 Å². The predicted octanol–water partition coefficient (Wildman–Crippen LogP) is 3.28. The summed E-state index contributed by atoms with van der Waals surface area (Å²) in [6, 6.07) is 12.0. The van der Waals surface area contributed by atoms with Crippen molar-refractivity contribution in [1.29, 1.82) is 5.26 Å². The molecule has 4 aromatic rings. The Kier molecular flexibility index (Phi) is 8.58. The van der Waals surface area contributed by atoms with Crippen molar-refractivity contribution < 1.29 is 23.7 Å². The maximum absolute atomic E-state index is 13.1. The molecule has 1 aliphatic rings. The van der Waals surface area contributed by atoms with E-state index in [4.69, 9.17) is 29.7 Å². The van der Waals surface area contributed by atoms with Crippen LogP contribution in [0.1, 0.15) is 42.9 Å². The standard InChI is InChI=1S/C29H33N7O5/c1-38-12-14-40-28(37)29(41-15-13-39-2)10-8-20(9-11-29)25-23(16-30)26(31)36-27(34-25)24(18-33-36)21-17-32-35(19-21)22-6-4-3-5-7-22/h3-7,17-20H,8-15,31H2,1-2H3. The van der Waals surface area contributed by atoms with Crippen LogP contribution in [-0.4, -0.2) is 76.6 Å². The van der Waals surface area contributed by atoms with Crippen molar-refractivity contribution in [2.45, 2.75) is 37.2 Å². The molecule has 5 rings (SSSR count). The average molecular weight is 560 g/mol. The minimum absolute atomic E-state index is 0.113. The number of benzene rings is 1. The molecule has 12 nitrogen and oxygen atoms in total. The van der Waals surface area contributed by atoms with Crippen molar-refractivity contribution in [2.75, 3.05) is 46.4 Å². The van der Waals surface area contributed by atoms with Gasteiger partial charge in [0, 0.05) is 37.5 Å². The molecule has 0 amide bonds. The van der Waals surface area contributed by atoms with E-state index in [-0.39, 0.29) is 30.5 Å². The molecular formula is C29H33N7O5. The SMILES string of the molecule is COCCOC(=O)C1(OCCOC)CCC(c2nc3c(-c4cnn(-c5ccccc5)c4)cnn3c(N)c2C#N)CC1. The summed E-state index contributed by atoms with van der Waals surface area (Å²) in [5.74, 6) is -0.305. The summed E-state index contributed by atoms with van der Waals surface area (Å²) >= 11 is 0. The lowest BCUT2D eigenvalue weighted by Gasteiger charge is -2.38. The first-order chi connectivity index (χ1) is 20.0. The number of nitrogen functional groups attached to an aromatic ring is 1. The topological polar surface area (TPSA) is 152 Å². The fourth-order valence-electron chi connectivity index (χ4n) is 5.26. The van der Waals surface area contributed by atoms with Crippen LogP contribution < -0.4 is 5.73 Å². The van der Waals surface area contributed by atoms with Gasteiger partial charge in [-0.05, 0) is 37.8 Å². The highest BCUT2D eigenvalue weighted by Crippen LogP contribution is 2.42. The van der Waals surface area contributed by atoms with Gasteiger partial charge in [-0.25, -0.2) is 14.5 Å². The zero-order valence-corrected chi connectivity index (χ0v) is 23.2. The first kappa shape index (κ1) is 28.2. The van der Waals surface area contributed by atoms with Gasteiger partial charge in [0.05, 0.1) is 43.6 Å². The van der Waals surface area contributed by atoms with Crippen LogP contribution in [0.15, 0.2) is 48.9 Å². The normalized spacial score (nSPS) is 18.8. The molecule has 3 heterocycles. The summed E-state index contributed by atoms with van der Waals surface area (Å²) in [5, 5.41) is 19.0. The Labute approximate surface area is 237 Å². The van der Waals surface area contributed by atoms with Gasteiger partial charge in [0.15, 0.2) is 11.2 Å². The molecule has 3 aromatic heterocycles. The number of ether oxygens (including phenoxy) is 4. The van der Waals surface area contributed by atoms with E-state index in [2.05, 4.69) is 16.3 Å². The number of nitrogens with zero attached hydrogens (tertiary/aromatic N) is 6. The molecule has 0 atom stereocenters. The minimum Gasteiger partial charge on any atom is -0.461 e. The Hall–Kier alpha value is -4.31. The fraction of sp³-hybridized carbons (Fsp3) is 0.414. The van der Waals surface area contributed by atoms with Gasteiger partial charge in [0.2, 0.25) is 0 Å². The number of para-hydroxylation sites is 1. The summed E-state index contributed by atoms with van der Waals surface area (Å²) in [5.41, 5.74) is 9.28. The third-order valence-electron chi connectivity index (χ3n) is 7.48. The molecule has 0 saturated heterocycles. The van der Waals surface area contributed by atoms with E-state index in [9.17, 15) is 10.1 Å². The van der Waals surface area contributed by atoms with E-state index >= 15 is 0 Å². The van der Waals surface area contributed by atoms with E-state index in [1.165, 1.54) is 4.52 Å². The lowest BCUT2D eigenvalue weighted by molar-refractivity contribution is -0.180. The second-order valence-electron chi connectivity index (χ2n) is 9.91. The van der Waals surface area contributed by atoms with Crippen molar-refractivity contribution in [2.24, 2.45) is 0 Å². The molecule has 12 heteroatoms. The molecule has 214 valence electrons. The van der Waals surface area contributed by atoms with Crippen LogP contribution >= 0.6 is 0 Å². The van der Waals surface area contributed by atoms with Crippen LogP contribution in [-0.2, 0) is 23.7 Å². The molecule has 1 aliphatic carbocycles. The summed E-state index contributed by atoms with van der Waals surface area (Å²) < 4.78 is 25.0. The molecule has 0 aliphatic heterocycles. The lowest BCUT2D eigenvalue weighted by atomic mass is 9.76. The van der Waals surface area contributed by atoms with Gasteiger partial charge in [-0.1, -0.05) is 18.2 Å². The molecule has 1 saturated carbocycles. The van der Waals surface area contributed by atoms with Gasteiger partial charge in [-0.3, -0.25) is 0 Å². The van der Waals surface area contributed by atoms with E-state index in [1.807, 2.05) is 36.5 Å². The Morgan fingerprint density at radius 3 is 2.51 bits per heavy atom. The van der Waals surface area contributed by atoms with Crippen LogP contribution in [0.25, 0.3) is 22.5 Å². The van der Waals surface area contributed by atoms with Crippen molar-refractivity contribution in [3.05, 3.63) is 60.2 Å². The second-order valence-corrected chi connectivity index (χ2v) is 9.91. The highest BCUT2D eigenvalue weighted by atomic mass is 16.6. The zero-order valence-electron chi connectivity index (χ0n) is 23.2. The summed E-state index contributed by atoms with van der Waals surface area (Å²) in [6.45, 7) is 1.06. The number of esters is 1. The monoisotopic (exact) mass is 559 g/mol. The van der Waals surface area contributed by atoms with Gasteiger partial charge in [-0.15, -0.1) is 0 Å². The molecular weight excluding hydrogens is 526 g/mol. The van der Waals surface area contributed by atoms with Crippen molar-refractivity contribution in [3.8, 4) is 22.9 Å². The van der Waals surface area contributed by atoms with E-state index in [0.717, 1.165) is 16.8 Å². The summed E-state index contributed by atoms with van der Waals surface area (Å²) in [7, 11) is 3.13. The molecule has 41 heavy (non-hydrogen) atoms. The van der Waals surface area contributed by atoms with E-state index in [1.54, 1.807) is 31.3 Å². The number of fused-ring (bicyclic) bond motifs is 1. The number of methoxy groups -OCH3 is 2. The van der Waals surface area contributed by atoms with E-state index in [0.29, 0.717) is 50.2 Å². The molecule has 1 aromatic carbocycles. The second kappa shape index (κ2) is 12.5. The molecule has 0 unspecified atom stereocenters. The number of aromatic nitrogens is 5. The van der Waals surface area contributed by atoms with Crippen LogP contribution in [0, 0.1) is 11.3 Å². The number of nitrogens with two attached hydrogens (primary N) is 1. The number of hydrogen-bond acceptors (Lipinski definition) is 10. The van der Waals surface area contributed by atoms with Crippen LogP contribution in [0.3, 0.4) is 0 Å². The van der Waals surface area contributed by atoms with Gasteiger partial charge < -0.3 is 24.7 Å². The Balaban J connectivity index is 1.44. The lowest BCUT2D eigenvalue weighted by Crippen LogP contribution is -2.46. The van der Waals surface area contributed by atoms with Crippen molar-refractivity contribution in [3.63, 3.8) is 0 Å². The van der Waals surface area contributed by atoms with Crippen LogP contribution in [0.4, 0.5) is 5.82 Å². The first-order valence-corrected chi connectivity index (χ1v) is 13.5. The third-order valence-corrected chi connectivity index (χ3v) is 7.48. The quantitative estimate of drug-likeness (QED) is 0.214. The van der Waals surface area contributed by atoms with Gasteiger partial charge in [0.1, 0.15) is 24.1 Å². The number of hydrogen-bond donors (Lipinski definition) is 1. The highest BCUT2D eigenvalue weighted by Gasteiger charge is 2.45. The maximum Gasteiger partial charge on any atom is 0.338 e. The molecule has 2 N–H and O–H groups in total. The third kappa shape index (κ3) is 5.65. The molecule has 0 bridgehead atoms. The van der Waals surface area contributed by atoms with Crippen molar-refractivity contribution in [1.82, 2.24) is 24.4 Å². The Morgan fingerprint density at radius 1 is 1.07 bits per heavy atom. The van der Waals surface area contributed by atoms with E-state index < -0.39 is 11.6 Å². The highest BCUT2D eigenvalue weighted by molar-refractivity contribution is 5.80. The summed E-state index contributed by atoms with van der Waals surface area (Å²) in [4.78, 5) is 18.0. The van der Waals surface area contributed by atoms with Crippen LogP contribution in [0.5, 0.6) is 0 Å². The average Bonchev–Trinajstić information content (AvgIpc) is 3.66. The van der Waals surface area contributed by atoms with Gasteiger partial charge in [-0.2, -0.15) is 20.0 Å². The summed E-state index contributed by atoms with van der Waals surface area (Å²) in [6.07, 6.45) is 7.26. The number of nitriles is 1. The maximum atomic E-state index is 13.1. The minimum atomic E-state index is -1.10. The number of anilines is 1. The van der Waals surface area contributed by atoms with Gasteiger partial charge in [0.25, 0.3) is 0 Å². The van der Waals surface area contributed by atoms with Crippen LogP contribution in [0.2, 0.25) is 0 Å². The number of rotatable bonds is 11. The molecule has 1 fully saturated rings. The fourth-order valence-corrected chi connectivity index (χ4v) is 5.26. The van der Waals surface area contributed by atoms with Crippen molar-refractivity contribution >= 4 is 17.4 Å². The molecule has 0 spiro atoms. The molecule has 0 radical (unpaired) electrons. The zero-order chi connectivity index (χ0) is 28.8. The number of carbonyl (C=O) groups excluding carboxylic acids is 1. The first-order valence-electron chi connectivity index (χ1n) is 13.5. The smallest absolute Gasteiger partial charge is 0.338 e. The Bertz CT molecular complexity index is 1530.